The summed E-state index contributed by atoms with van der Waals surface area (Å²) in [5.74, 6) is -0.192. The molecule has 1 unspecified atom stereocenters. The third-order valence-corrected chi connectivity index (χ3v) is 9.02. The lowest BCUT2D eigenvalue weighted by molar-refractivity contribution is -0.144. The van der Waals surface area contributed by atoms with E-state index in [4.69, 9.17) is 15.9 Å². The number of nitrogens with one attached hydrogen (secondary N) is 1. The Kier molecular flexibility index (Phi) is 8.73. The summed E-state index contributed by atoms with van der Waals surface area (Å²) in [6.45, 7) is 4.95. The molecule has 0 spiro atoms. The molecule has 0 radical (unpaired) electrons. The van der Waals surface area contributed by atoms with Gasteiger partial charge in [0.1, 0.15) is 6.04 Å². The molecule has 2 aromatic rings. The molecule has 0 saturated carbocycles. The Bertz CT molecular complexity index is 1290. The van der Waals surface area contributed by atoms with E-state index in [2.05, 4.69) is 11.0 Å². The lowest BCUT2D eigenvalue weighted by Crippen LogP contribution is -2.50. The Labute approximate surface area is 242 Å². The number of likely N-dealkylation sites (tertiary alicyclic amines) is 1. The number of guanidine groups is 1. The summed E-state index contributed by atoms with van der Waals surface area (Å²) in [6.07, 6.45) is 4.30. The van der Waals surface area contributed by atoms with Crippen LogP contribution in [0.2, 0.25) is 0 Å². The van der Waals surface area contributed by atoms with Crippen molar-refractivity contribution in [3.8, 4) is 0 Å². The van der Waals surface area contributed by atoms with Crippen molar-refractivity contribution >= 4 is 29.1 Å². The molecule has 3 N–H and O–H groups in total. The van der Waals surface area contributed by atoms with Crippen LogP contribution in [0.1, 0.15) is 65.7 Å². The van der Waals surface area contributed by atoms with E-state index < -0.39 is 6.04 Å². The second-order valence-corrected chi connectivity index (χ2v) is 11.5. The lowest BCUT2D eigenvalue weighted by Gasteiger charge is -2.42. The highest BCUT2D eigenvalue weighted by molar-refractivity contribution is 5.95. The standard InChI is InChI=1S/C32H41N5O4/c1-21(38)23-8-6-22(7-9-23)20-29(39)30-27-4-3-5-28(35-17-12-25(41-2)13-18-35)26(27)14-19-37(30)31(40)24-10-15-36(16-11-24)32(33)34/h3-9,24-25,30H,10-20H2,1-2H3,(H3,33,34). The Balaban J connectivity index is 1.44. The van der Waals surface area contributed by atoms with Gasteiger partial charge in [0.25, 0.3) is 0 Å². The number of rotatable bonds is 7. The molecule has 0 aromatic heterocycles. The van der Waals surface area contributed by atoms with Gasteiger partial charge in [-0.1, -0.05) is 36.4 Å². The molecular weight excluding hydrogens is 518 g/mol. The van der Waals surface area contributed by atoms with Crippen molar-refractivity contribution in [2.24, 2.45) is 11.7 Å². The quantitative estimate of drug-likeness (QED) is 0.303. The number of ether oxygens (including phenoxy) is 1. The molecular formula is C32H41N5O4. The van der Waals surface area contributed by atoms with Crippen LogP contribution in [0, 0.1) is 11.3 Å². The van der Waals surface area contributed by atoms with Gasteiger partial charge in [-0.25, -0.2) is 0 Å². The number of methoxy groups -OCH3 is 1. The van der Waals surface area contributed by atoms with Gasteiger partial charge in [0.05, 0.1) is 6.10 Å². The van der Waals surface area contributed by atoms with Crippen LogP contribution in [0.25, 0.3) is 0 Å². The first-order valence-electron chi connectivity index (χ1n) is 14.7. The fraction of sp³-hybridized carbons (Fsp3) is 0.500. The molecule has 9 nitrogen and oxygen atoms in total. The molecule has 1 amide bonds. The van der Waals surface area contributed by atoms with E-state index in [1.807, 2.05) is 29.2 Å². The number of Topliss-reactive ketones (excluding diaryl/α,β-unsaturated/α-hetero) is 2. The zero-order chi connectivity index (χ0) is 29.1. The smallest absolute Gasteiger partial charge is 0.226 e. The van der Waals surface area contributed by atoms with Crippen LogP contribution < -0.4 is 10.6 Å². The predicted molar refractivity (Wildman–Crippen MR) is 158 cm³/mol. The monoisotopic (exact) mass is 559 g/mol. The summed E-state index contributed by atoms with van der Waals surface area (Å²) in [7, 11) is 1.77. The summed E-state index contributed by atoms with van der Waals surface area (Å²) in [6, 6.07) is 12.7. The average molecular weight is 560 g/mol. The van der Waals surface area contributed by atoms with Crippen LogP contribution in [0.3, 0.4) is 0 Å². The highest BCUT2D eigenvalue weighted by atomic mass is 16.5. The molecule has 1 atom stereocenters. The Hall–Kier alpha value is -3.72. The van der Waals surface area contributed by atoms with E-state index >= 15 is 0 Å². The number of ketones is 2. The minimum absolute atomic E-state index is 0.00967. The van der Waals surface area contributed by atoms with Crippen LogP contribution in [0.4, 0.5) is 5.69 Å². The van der Waals surface area contributed by atoms with Gasteiger partial charge < -0.3 is 25.2 Å². The summed E-state index contributed by atoms with van der Waals surface area (Å²) < 4.78 is 5.58. The largest absolute Gasteiger partial charge is 0.381 e. The minimum atomic E-state index is -0.666. The highest BCUT2D eigenvalue weighted by Crippen LogP contribution is 2.39. The van der Waals surface area contributed by atoms with E-state index in [-0.39, 0.29) is 41.9 Å². The summed E-state index contributed by atoms with van der Waals surface area (Å²) in [5.41, 5.74) is 10.3. The average Bonchev–Trinajstić information content (AvgIpc) is 3.00. The van der Waals surface area contributed by atoms with Crippen molar-refractivity contribution in [3.05, 3.63) is 64.7 Å². The van der Waals surface area contributed by atoms with E-state index in [1.54, 1.807) is 24.1 Å². The van der Waals surface area contributed by atoms with Crippen LogP contribution in [-0.4, -0.2) is 79.2 Å². The molecule has 2 aromatic carbocycles. The number of anilines is 1. The first-order valence-corrected chi connectivity index (χ1v) is 14.7. The van der Waals surface area contributed by atoms with Gasteiger partial charge in [-0.3, -0.25) is 19.8 Å². The number of carbonyl (C=O) groups excluding carboxylic acids is 3. The van der Waals surface area contributed by atoms with Crippen LogP contribution in [0.15, 0.2) is 42.5 Å². The normalized spacial score (nSPS) is 20.0. The zero-order valence-electron chi connectivity index (χ0n) is 24.1. The van der Waals surface area contributed by atoms with Crippen molar-refractivity contribution in [3.63, 3.8) is 0 Å². The second-order valence-electron chi connectivity index (χ2n) is 11.5. The SMILES string of the molecule is COC1CCN(c2cccc3c2CCN(C(=O)C2CCN(C(=N)N)CC2)C3C(=O)Cc2ccc(C(C)=O)cc2)CC1. The van der Waals surface area contributed by atoms with Crippen LogP contribution in [0.5, 0.6) is 0 Å². The third kappa shape index (κ3) is 6.15. The maximum atomic E-state index is 14.1. The number of hydrogen-bond acceptors (Lipinski definition) is 6. The third-order valence-electron chi connectivity index (χ3n) is 9.02. The Morgan fingerprint density at radius 2 is 1.63 bits per heavy atom. The van der Waals surface area contributed by atoms with Crippen LogP contribution in [-0.2, 0) is 27.2 Å². The summed E-state index contributed by atoms with van der Waals surface area (Å²) >= 11 is 0. The molecule has 41 heavy (non-hydrogen) atoms. The van der Waals surface area contributed by atoms with Gasteiger partial charge in [-0.15, -0.1) is 0 Å². The maximum Gasteiger partial charge on any atom is 0.226 e. The van der Waals surface area contributed by atoms with E-state index in [9.17, 15) is 14.4 Å². The fourth-order valence-electron chi connectivity index (χ4n) is 6.62. The minimum Gasteiger partial charge on any atom is -0.381 e. The van der Waals surface area contributed by atoms with Crippen molar-refractivity contribution in [1.82, 2.24) is 9.80 Å². The number of piperidine rings is 2. The van der Waals surface area contributed by atoms with Gasteiger partial charge in [-0.05, 0) is 61.8 Å². The first-order chi connectivity index (χ1) is 19.8. The molecule has 0 aliphatic carbocycles. The van der Waals surface area contributed by atoms with Gasteiger partial charge in [-0.2, -0.15) is 0 Å². The van der Waals surface area contributed by atoms with Gasteiger partial charge in [0, 0.05) is 63.4 Å². The number of benzene rings is 2. The fourth-order valence-corrected chi connectivity index (χ4v) is 6.62. The number of nitrogens with two attached hydrogens (primary N) is 1. The predicted octanol–water partition coefficient (Wildman–Crippen LogP) is 3.35. The number of amides is 1. The molecule has 3 aliphatic heterocycles. The zero-order valence-corrected chi connectivity index (χ0v) is 24.1. The summed E-state index contributed by atoms with van der Waals surface area (Å²) in [4.78, 5) is 45.8. The van der Waals surface area contributed by atoms with Crippen molar-refractivity contribution in [1.29, 1.82) is 5.41 Å². The van der Waals surface area contributed by atoms with E-state index in [1.165, 1.54) is 6.92 Å². The van der Waals surface area contributed by atoms with Crippen LogP contribution >= 0.6 is 0 Å². The van der Waals surface area contributed by atoms with Gasteiger partial charge in [0.2, 0.25) is 5.91 Å². The van der Waals surface area contributed by atoms with Crippen molar-refractivity contribution in [2.45, 2.75) is 57.6 Å². The number of nitrogens with zero attached hydrogens (tertiary/aromatic N) is 3. The molecule has 3 heterocycles. The number of fused-ring (bicyclic) bond motifs is 1. The molecule has 9 heteroatoms. The van der Waals surface area contributed by atoms with E-state index in [0.29, 0.717) is 44.5 Å². The Morgan fingerprint density at radius 1 is 0.951 bits per heavy atom. The molecule has 5 rings (SSSR count). The molecule has 2 saturated heterocycles. The van der Waals surface area contributed by atoms with Gasteiger partial charge in [0.15, 0.2) is 17.5 Å². The topological polar surface area (TPSA) is 120 Å². The van der Waals surface area contributed by atoms with Crippen molar-refractivity contribution in [2.75, 3.05) is 44.7 Å². The maximum absolute atomic E-state index is 14.1. The number of hydrogen-bond donors (Lipinski definition) is 2. The highest BCUT2D eigenvalue weighted by Gasteiger charge is 2.40. The van der Waals surface area contributed by atoms with E-state index in [0.717, 1.165) is 48.3 Å². The van der Waals surface area contributed by atoms with Gasteiger partial charge >= 0.3 is 0 Å². The summed E-state index contributed by atoms with van der Waals surface area (Å²) in [5, 5.41) is 7.73. The second kappa shape index (κ2) is 12.4. The Morgan fingerprint density at radius 3 is 2.24 bits per heavy atom. The molecule has 3 aliphatic rings. The molecule has 0 bridgehead atoms. The molecule has 218 valence electrons. The number of carbonyl (C=O) groups is 3. The molecule has 2 fully saturated rings. The first kappa shape index (κ1) is 28.8. The van der Waals surface area contributed by atoms with Crippen molar-refractivity contribution < 1.29 is 19.1 Å². The lowest BCUT2D eigenvalue weighted by atomic mass is 9.84.